The molecule has 0 radical (unpaired) electrons. The van der Waals surface area contributed by atoms with Gasteiger partial charge in [0, 0.05) is 32.7 Å². The molecule has 1 aromatic carbocycles. The third-order valence-electron chi connectivity index (χ3n) is 3.72. The van der Waals surface area contributed by atoms with Crippen LogP contribution in [0.5, 0.6) is 0 Å². The number of nitrogens with one attached hydrogen (secondary N) is 1. The zero-order chi connectivity index (χ0) is 13.2. The molecule has 1 saturated heterocycles. The zero-order valence-electron chi connectivity index (χ0n) is 11.3. The van der Waals surface area contributed by atoms with Crippen LogP contribution in [0, 0.1) is 0 Å². The Morgan fingerprint density at radius 2 is 2.05 bits per heavy atom. The number of rotatable bonds is 3. The number of benzene rings is 1. The van der Waals surface area contributed by atoms with Crippen molar-refractivity contribution >= 4 is 44.9 Å². The van der Waals surface area contributed by atoms with Crippen LogP contribution >= 0.6 is 34.9 Å². The minimum atomic E-state index is 0.454. The van der Waals surface area contributed by atoms with Crippen LogP contribution in [0.3, 0.4) is 0 Å². The molecular weight excluding hydrogens is 290 g/mol. The van der Waals surface area contributed by atoms with Gasteiger partial charge in [0.25, 0.3) is 0 Å². The van der Waals surface area contributed by atoms with E-state index >= 15 is 0 Å². The minimum absolute atomic E-state index is 0.454. The van der Waals surface area contributed by atoms with Crippen LogP contribution in [-0.2, 0) is 0 Å². The molecular formula is C15H19NS3. The molecule has 1 N–H and O–H groups in total. The van der Waals surface area contributed by atoms with Crippen LogP contribution in [0.25, 0.3) is 10.1 Å². The third kappa shape index (κ3) is 2.68. The Balaban J connectivity index is 1.99. The Morgan fingerprint density at radius 3 is 2.84 bits per heavy atom. The number of thioether (sulfide) groups is 2. The molecule has 3 unspecified atom stereocenters. The van der Waals surface area contributed by atoms with Gasteiger partial charge in [-0.15, -0.1) is 11.3 Å². The normalized spacial score (nSPS) is 25.6. The summed E-state index contributed by atoms with van der Waals surface area (Å²) in [5.74, 6) is 2.57. The first kappa shape index (κ1) is 13.8. The Hall–Kier alpha value is -0.160. The van der Waals surface area contributed by atoms with E-state index in [2.05, 4.69) is 72.5 Å². The van der Waals surface area contributed by atoms with E-state index in [4.69, 9.17) is 0 Å². The van der Waals surface area contributed by atoms with Gasteiger partial charge >= 0.3 is 0 Å². The molecule has 0 spiro atoms. The van der Waals surface area contributed by atoms with Crippen LogP contribution in [0.15, 0.2) is 29.6 Å². The number of fused-ring (bicyclic) bond motifs is 1. The highest BCUT2D eigenvalue weighted by atomic mass is 32.2. The van der Waals surface area contributed by atoms with Gasteiger partial charge in [-0.1, -0.05) is 25.1 Å². The van der Waals surface area contributed by atoms with Gasteiger partial charge in [0.1, 0.15) is 0 Å². The summed E-state index contributed by atoms with van der Waals surface area (Å²) in [6.45, 7) is 2.38. The Kier molecular flexibility index (Phi) is 4.42. The van der Waals surface area contributed by atoms with E-state index in [-0.39, 0.29) is 0 Å². The molecule has 1 aliphatic heterocycles. The Bertz CT molecular complexity index is 551. The van der Waals surface area contributed by atoms with Crippen LogP contribution in [0.4, 0.5) is 0 Å². The summed E-state index contributed by atoms with van der Waals surface area (Å²) in [4.78, 5) is 0. The van der Waals surface area contributed by atoms with Gasteiger partial charge in [0.05, 0.1) is 0 Å². The van der Waals surface area contributed by atoms with Crippen LogP contribution in [-0.4, -0.2) is 29.1 Å². The fourth-order valence-electron chi connectivity index (χ4n) is 2.77. The molecule has 0 bridgehead atoms. The van der Waals surface area contributed by atoms with E-state index in [0.29, 0.717) is 16.5 Å². The summed E-state index contributed by atoms with van der Waals surface area (Å²) in [7, 11) is 2.10. The predicted octanol–water partition coefficient (Wildman–Crippen LogP) is 4.40. The molecule has 102 valence electrons. The summed E-state index contributed by atoms with van der Waals surface area (Å²) >= 11 is 6.11. The SMILES string of the molecule is CNC(c1cccc2ccsc12)C1SCCSC1C. The van der Waals surface area contributed by atoms with E-state index in [1.54, 1.807) is 0 Å². The molecule has 3 atom stereocenters. The lowest BCUT2D eigenvalue weighted by atomic mass is 10.0. The largest absolute Gasteiger partial charge is 0.312 e. The third-order valence-corrected chi connectivity index (χ3v) is 7.90. The first-order chi connectivity index (χ1) is 9.31. The maximum absolute atomic E-state index is 3.57. The maximum atomic E-state index is 3.57. The smallest absolute Gasteiger partial charge is 0.0463 e. The van der Waals surface area contributed by atoms with Gasteiger partial charge in [0.15, 0.2) is 0 Å². The van der Waals surface area contributed by atoms with Crippen LogP contribution in [0.1, 0.15) is 18.5 Å². The molecule has 1 aromatic heterocycles. The van der Waals surface area contributed by atoms with Crippen molar-refractivity contribution in [3.05, 3.63) is 35.2 Å². The molecule has 1 nitrogen and oxygen atoms in total. The lowest BCUT2D eigenvalue weighted by Crippen LogP contribution is -2.36. The summed E-state index contributed by atoms with van der Waals surface area (Å²) < 4.78 is 1.45. The monoisotopic (exact) mass is 309 g/mol. The summed E-state index contributed by atoms with van der Waals surface area (Å²) in [6, 6.07) is 9.39. The molecule has 3 rings (SSSR count). The molecule has 19 heavy (non-hydrogen) atoms. The Morgan fingerprint density at radius 1 is 1.21 bits per heavy atom. The van der Waals surface area contributed by atoms with Crippen molar-refractivity contribution < 1.29 is 0 Å². The maximum Gasteiger partial charge on any atom is 0.0463 e. The van der Waals surface area contributed by atoms with Crippen molar-refractivity contribution in [2.45, 2.75) is 23.5 Å². The molecule has 4 heteroatoms. The summed E-state index contributed by atoms with van der Waals surface area (Å²) in [6.07, 6.45) is 0. The second-order valence-electron chi connectivity index (χ2n) is 4.86. The summed E-state index contributed by atoms with van der Waals surface area (Å²) in [5, 5.41) is 8.53. The lowest BCUT2D eigenvalue weighted by molar-refractivity contribution is 0.565. The standard InChI is InChI=1S/C15H19NS3/c1-10-14(19-9-8-17-10)13(16-2)12-5-3-4-11-6-7-18-15(11)12/h3-7,10,13-14,16H,8-9H2,1-2H3. The van der Waals surface area contributed by atoms with Crippen molar-refractivity contribution in [1.82, 2.24) is 5.32 Å². The second-order valence-corrected chi connectivity index (χ2v) is 8.55. The second kappa shape index (κ2) is 6.08. The van der Waals surface area contributed by atoms with Gasteiger partial charge < -0.3 is 5.32 Å². The molecule has 1 fully saturated rings. The van der Waals surface area contributed by atoms with Gasteiger partial charge in [-0.2, -0.15) is 23.5 Å². The van der Waals surface area contributed by atoms with Gasteiger partial charge in [-0.25, -0.2) is 0 Å². The highest BCUT2D eigenvalue weighted by Crippen LogP contribution is 2.41. The van der Waals surface area contributed by atoms with E-state index in [0.717, 1.165) is 0 Å². The molecule has 2 aromatic rings. The van der Waals surface area contributed by atoms with Gasteiger partial charge in [0.2, 0.25) is 0 Å². The first-order valence-electron chi connectivity index (χ1n) is 6.68. The first-order valence-corrected chi connectivity index (χ1v) is 9.65. The highest BCUT2D eigenvalue weighted by Gasteiger charge is 2.31. The van der Waals surface area contributed by atoms with Gasteiger partial charge in [-0.3, -0.25) is 0 Å². The molecule has 1 aliphatic rings. The number of thiophene rings is 1. The van der Waals surface area contributed by atoms with E-state index in [1.165, 1.54) is 27.2 Å². The molecule has 0 saturated carbocycles. The Labute approximate surface area is 127 Å². The van der Waals surface area contributed by atoms with Gasteiger partial charge in [-0.05, 0) is 29.4 Å². The highest BCUT2D eigenvalue weighted by molar-refractivity contribution is 8.07. The minimum Gasteiger partial charge on any atom is -0.312 e. The van der Waals surface area contributed by atoms with Crippen molar-refractivity contribution in [2.24, 2.45) is 0 Å². The average molecular weight is 310 g/mol. The average Bonchev–Trinajstić information content (AvgIpc) is 2.91. The fourth-order valence-corrected chi connectivity index (χ4v) is 6.71. The zero-order valence-corrected chi connectivity index (χ0v) is 13.7. The van der Waals surface area contributed by atoms with Crippen molar-refractivity contribution in [3.63, 3.8) is 0 Å². The van der Waals surface area contributed by atoms with Crippen LogP contribution < -0.4 is 5.32 Å². The molecule has 2 heterocycles. The van der Waals surface area contributed by atoms with Crippen molar-refractivity contribution in [2.75, 3.05) is 18.6 Å². The van der Waals surface area contributed by atoms with Crippen LogP contribution in [0.2, 0.25) is 0 Å². The predicted molar refractivity (Wildman–Crippen MR) is 91.8 cm³/mol. The topological polar surface area (TPSA) is 12.0 Å². The molecule has 0 amide bonds. The quantitative estimate of drug-likeness (QED) is 0.902. The van der Waals surface area contributed by atoms with E-state index in [9.17, 15) is 0 Å². The van der Waals surface area contributed by atoms with E-state index in [1.807, 2.05) is 11.3 Å². The number of hydrogen-bond acceptors (Lipinski definition) is 4. The van der Waals surface area contributed by atoms with E-state index < -0.39 is 0 Å². The lowest BCUT2D eigenvalue weighted by Gasteiger charge is -2.34. The van der Waals surface area contributed by atoms with Crippen molar-refractivity contribution in [3.8, 4) is 0 Å². The molecule has 0 aliphatic carbocycles. The summed E-state index contributed by atoms with van der Waals surface area (Å²) in [5.41, 5.74) is 1.47. The van der Waals surface area contributed by atoms with Crippen molar-refractivity contribution in [1.29, 1.82) is 0 Å². The number of hydrogen-bond donors (Lipinski definition) is 1. The fraction of sp³-hybridized carbons (Fsp3) is 0.467.